The fourth-order valence-electron chi connectivity index (χ4n) is 2.74. The molecule has 2 atom stereocenters. The minimum atomic E-state index is -0.314. The van der Waals surface area contributed by atoms with Crippen molar-refractivity contribution in [2.24, 2.45) is 17.3 Å². The van der Waals surface area contributed by atoms with Crippen LogP contribution in [-0.2, 0) is 9.59 Å². The summed E-state index contributed by atoms with van der Waals surface area (Å²) in [4.78, 5) is 24.8. The van der Waals surface area contributed by atoms with Crippen molar-refractivity contribution in [3.63, 3.8) is 0 Å². The second-order valence-corrected chi connectivity index (χ2v) is 7.15. The van der Waals surface area contributed by atoms with E-state index in [2.05, 4.69) is 5.32 Å². The molecular weight excluding hydrogens is 281 g/mol. The lowest BCUT2D eigenvalue weighted by atomic mass is 9.72. The van der Waals surface area contributed by atoms with Gasteiger partial charge >= 0.3 is 0 Å². The highest BCUT2D eigenvalue weighted by Crippen LogP contribution is 2.34. The van der Waals surface area contributed by atoms with Crippen LogP contribution >= 0.6 is 0 Å². The first-order valence-electron chi connectivity index (χ1n) is 7.92. The minimum Gasteiger partial charge on any atom is -0.388 e. The van der Waals surface area contributed by atoms with E-state index in [1.165, 1.54) is 13.0 Å². The molecule has 3 nitrogen and oxygen atoms in total. The second-order valence-electron chi connectivity index (χ2n) is 7.15. The van der Waals surface area contributed by atoms with E-state index in [1.54, 1.807) is 6.08 Å². The van der Waals surface area contributed by atoms with Gasteiger partial charge in [0.25, 0.3) is 0 Å². The van der Waals surface area contributed by atoms with Gasteiger partial charge in [-0.3, -0.25) is 9.59 Å². The fraction of sp³-hybridized carbons (Fsp3) is 0.667. The Kier molecular flexibility index (Phi) is 6.51. The van der Waals surface area contributed by atoms with E-state index in [-0.39, 0.29) is 34.6 Å². The van der Waals surface area contributed by atoms with Crippen molar-refractivity contribution < 1.29 is 14.0 Å². The summed E-state index contributed by atoms with van der Waals surface area (Å²) in [6.07, 6.45) is 4.82. The standard InChI is InChI=1S/C18H28FNO2/c1-12(19)6-7-13(2)20-11-15-14(3)16(21)8-9-18(4,5)10-17(15)22/h6-7,14-15,20H,8-11H2,1-5H3/b12-6+,13-7+. The van der Waals surface area contributed by atoms with Gasteiger partial charge in [0.2, 0.25) is 0 Å². The number of nitrogens with one attached hydrogen (secondary N) is 1. The molecule has 1 N–H and O–H groups in total. The van der Waals surface area contributed by atoms with E-state index in [1.807, 2.05) is 27.7 Å². The average Bonchev–Trinajstić information content (AvgIpc) is 2.41. The molecule has 1 aliphatic rings. The van der Waals surface area contributed by atoms with Crippen LogP contribution < -0.4 is 5.32 Å². The average molecular weight is 309 g/mol. The quantitative estimate of drug-likeness (QED) is 0.800. The van der Waals surface area contributed by atoms with Crippen LogP contribution in [0.3, 0.4) is 0 Å². The largest absolute Gasteiger partial charge is 0.388 e. The number of allylic oxidation sites excluding steroid dienone is 4. The zero-order valence-electron chi connectivity index (χ0n) is 14.3. The predicted molar refractivity (Wildman–Crippen MR) is 86.9 cm³/mol. The Hall–Kier alpha value is -1.45. The molecule has 0 aromatic rings. The third kappa shape index (κ3) is 5.74. The van der Waals surface area contributed by atoms with Crippen LogP contribution in [0.1, 0.15) is 53.9 Å². The van der Waals surface area contributed by atoms with Gasteiger partial charge in [0.15, 0.2) is 0 Å². The van der Waals surface area contributed by atoms with Gasteiger partial charge in [-0.2, -0.15) is 0 Å². The van der Waals surface area contributed by atoms with Gasteiger partial charge in [-0.25, -0.2) is 4.39 Å². The Morgan fingerprint density at radius 1 is 1.27 bits per heavy atom. The smallest absolute Gasteiger partial charge is 0.138 e. The first-order chi connectivity index (χ1) is 10.1. The number of rotatable bonds is 4. The number of ketones is 2. The van der Waals surface area contributed by atoms with Gasteiger partial charge in [0.05, 0.1) is 5.83 Å². The zero-order chi connectivity index (χ0) is 16.9. The molecule has 22 heavy (non-hydrogen) atoms. The summed E-state index contributed by atoms with van der Waals surface area (Å²) in [6, 6.07) is 0. The highest BCUT2D eigenvalue weighted by molar-refractivity contribution is 5.91. The highest BCUT2D eigenvalue weighted by atomic mass is 19.1. The van der Waals surface area contributed by atoms with Gasteiger partial charge in [0.1, 0.15) is 11.6 Å². The molecule has 0 amide bonds. The zero-order valence-corrected chi connectivity index (χ0v) is 14.3. The Balaban J connectivity index is 2.80. The van der Waals surface area contributed by atoms with E-state index >= 15 is 0 Å². The molecule has 0 aliphatic heterocycles. The van der Waals surface area contributed by atoms with Crippen LogP contribution in [-0.4, -0.2) is 18.1 Å². The first kappa shape index (κ1) is 18.6. The van der Waals surface area contributed by atoms with Crippen LogP contribution in [0.15, 0.2) is 23.7 Å². The van der Waals surface area contributed by atoms with E-state index in [4.69, 9.17) is 0 Å². The second kappa shape index (κ2) is 7.70. The Morgan fingerprint density at radius 3 is 2.50 bits per heavy atom. The topological polar surface area (TPSA) is 46.2 Å². The third-order valence-electron chi connectivity index (χ3n) is 4.39. The number of Topliss-reactive ketones (excluding diaryl/α,β-unsaturated/α-hetero) is 2. The predicted octanol–water partition coefficient (Wildman–Crippen LogP) is 3.95. The lowest BCUT2D eigenvalue weighted by molar-refractivity contribution is -0.135. The van der Waals surface area contributed by atoms with Gasteiger partial charge < -0.3 is 5.32 Å². The van der Waals surface area contributed by atoms with Crippen molar-refractivity contribution in [1.82, 2.24) is 5.32 Å². The summed E-state index contributed by atoms with van der Waals surface area (Å²) in [5.41, 5.74) is 0.662. The summed E-state index contributed by atoms with van der Waals surface area (Å²) < 4.78 is 12.7. The number of carbonyl (C=O) groups is 2. The normalized spacial score (nSPS) is 27.4. The molecular formula is C18H28FNO2. The van der Waals surface area contributed by atoms with Crippen LogP contribution in [0, 0.1) is 17.3 Å². The molecule has 0 aromatic heterocycles. The molecule has 0 radical (unpaired) electrons. The highest BCUT2D eigenvalue weighted by Gasteiger charge is 2.36. The fourth-order valence-corrected chi connectivity index (χ4v) is 2.74. The van der Waals surface area contributed by atoms with Crippen molar-refractivity contribution in [2.75, 3.05) is 6.54 Å². The van der Waals surface area contributed by atoms with Crippen molar-refractivity contribution in [1.29, 1.82) is 0 Å². The Bertz CT molecular complexity index is 487. The molecule has 0 saturated heterocycles. The van der Waals surface area contributed by atoms with Crippen molar-refractivity contribution >= 4 is 11.6 Å². The molecule has 1 saturated carbocycles. The molecule has 4 heteroatoms. The molecule has 1 fully saturated rings. The van der Waals surface area contributed by atoms with Gasteiger partial charge in [0, 0.05) is 36.9 Å². The SMILES string of the molecule is C/C(F)=C\C=C(/C)NCC1C(=O)CC(C)(C)CCC(=O)C1C. The lowest BCUT2D eigenvalue weighted by Crippen LogP contribution is -2.39. The van der Waals surface area contributed by atoms with E-state index < -0.39 is 0 Å². The number of hydrogen-bond donors (Lipinski definition) is 1. The van der Waals surface area contributed by atoms with E-state index in [0.717, 1.165) is 12.1 Å². The van der Waals surface area contributed by atoms with Gasteiger partial charge in [-0.1, -0.05) is 20.8 Å². The number of carbonyl (C=O) groups excluding carboxylic acids is 2. The summed E-state index contributed by atoms with van der Waals surface area (Å²) >= 11 is 0. The summed E-state index contributed by atoms with van der Waals surface area (Å²) in [7, 11) is 0. The molecule has 0 heterocycles. The Morgan fingerprint density at radius 2 is 1.91 bits per heavy atom. The molecule has 124 valence electrons. The maximum absolute atomic E-state index is 12.7. The van der Waals surface area contributed by atoms with Crippen molar-refractivity contribution in [3.8, 4) is 0 Å². The summed E-state index contributed by atoms with van der Waals surface area (Å²) in [5.74, 6) is -0.543. The summed E-state index contributed by atoms with van der Waals surface area (Å²) in [6.45, 7) is 9.55. The van der Waals surface area contributed by atoms with E-state index in [9.17, 15) is 14.0 Å². The summed E-state index contributed by atoms with van der Waals surface area (Å²) in [5, 5.41) is 3.14. The molecule has 0 bridgehead atoms. The third-order valence-corrected chi connectivity index (χ3v) is 4.39. The van der Waals surface area contributed by atoms with E-state index in [0.29, 0.717) is 19.4 Å². The molecule has 0 aromatic carbocycles. The minimum absolute atomic E-state index is 0.121. The van der Waals surface area contributed by atoms with Gasteiger partial charge in [-0.15, -0.1) is 0 Å². The van der Waals surface area contributed by atoms with Gasteiger partial charge in [-0.05, 0) is 37.8 Å². The lowest BCUT2D eigenvalue weighted by Gasteiger charge is -2.32. The van der Waals surface area contributed by atoms with Crippen molar-refractivity contribution in [2.45, 2.75) is 53.9 Å². The molecule has 1 aliphatic carbocycles. The molecule has 0 spiro atoms. The molecule has 2 unspecified atom stereocenters. The van der Waals surface area contributed by atoms with Crippen LogP contribution in [0.25, 0.3) is 0 Å². The number of hydrogen-bond acceptors (Lipinski definition) is 3. The maximum atomic E-state index is 12.7. The van der Waals surface area contributed by atoms with Crippen LogP contribution in [0.2, 0.25) is 0 Å². The van der Waals surface area contributed by atoms with Crippen LogP contribution in [0.4, 0.5) is 4.39 Å². The first-order valence-corrected chi connectivity index (χ1v) is 7.92. The molecule has 1 rings (SSSR count). The maximum Gasteiger partial charge on any atom is 0.138 e. The van der Waals surface area contributed by atoms with Crippen molar-refractivity contribution in [3.05, 3.63) is 23.7 Å². The van der Waals surface area contributed by atoms with Crippen LogP contribution in [0.5, 0.6) is 0 Å². The number of halogens is 1. The Labute approximate surface area is 133 Å². The monoisotopic (exact) mass is 309 g/mol.